The van der Waals surface area contributed by atoms with Crippen LogP contribution >= 0.6 is 0 Å². The number of aromatic nitrogens is 1. The van der Waals surface area contributed by atoms with Crippen molar-refractivity contribution in [1.82, 2.24) is 10.3 Å². The minimum absolute atomic E-state index is 0.520. The molecule has 1 aliphatic carbocycles. The molecule has 0 saturated heterocycles. The highest BCUT2D eigenvalue weighted by molar-refractivity contribution is 5.79. The quantitative estimate of drug-likeness (QED) is 0.865. The molecule has 2 aromatic rings. The summed E-state index contributed by atoms with van der Waals surface area (Å²) in [4.78, 5) is 4.44. The Morgan fingerprint density at radius 2 is 2.24 bits per heavy atom. The van der Waals surface area contributed by atoms with Gasteiger partial charge in [0.25, 0.3) is 0 Å². The van der Waals surface area contributed by atoms with Gasteiger partial charge in [-0.2, -0.15) is 0 Å². The molecule has 3 rings (SSSR count). The minimum atomic E-state index is 0.520. The summed E-state index contributed by atoms with van der Waals surface area (Å²) >= 11 is 0. The van der Waals surface area contributed by atoms with Crippen molar-refractivity contribution in [2.75, 3.05) is 6.54 Å². The van der Waals surface area contributed by atoms with Crippen LogP contribution < -0.4 is 5.32 Å². The standard InChI is InChI=1S/C15H18N2/c1-2-16-15(12-6-7-12)13-8-5-11-4-3-9-17-14(11)10-13/h3-5,8-10,12,15-16H,2,6-7H2,1H3. The van der Waals surface area contributed by atoms with Gasteiger partial charge in [0.1, 0.15) is 0 Å². The lowest BCUT2D eigenvalue weighted by molar-refractivity contribution is 0.496. The monoisotopic (exact) mass is 226 g/mol. The largest absolute Gasteiger partial charge is 0.310 e. The van der Waals surface area contributed by atoms with Gasteiger partial charge in [0.15, 0.2) is 0 Å². The lowest BCUT2D eigenvalue weighted by Gasteiger charge is -2.18. The SMILES string of the molecule is CCNC(c1ccc2cccnc2c1)C1CC1. The van der Waals surface area contributed by atoms with Crippen molar-refractivity contribution < 1.29 is 0 Å². The van der Waals surface area contributed by atoms with Gasteiger partial charge in [-0.1, -0.05) is 25.1 Å². The van der Waals surface area contributed by atoms with Crippen LogP contribution in [-0.4, -0.2) is 11.5 Å². The highest BCUT2D eigenvalue weighted by Crippen LogP contribution is 2.41. The Morgan fingerprint density at radius 1 is 1.35 bits per heavy atom. The summed E-state index contributed by atoms with van der Waals surface area (Å²) in [6, 6.07) is 11.3. The van der Waals surface area contributed by atoms with Gasteiger partial charge in [0.05, 0.1) is 5.52 Å². The fraction of sp³-hybridized carbons (Fsp3) is 0.400. The van der Waals surface area contributed by atoms with E-state index in [2.05, 4.69) is 41.5 Å². The second-order valence-electron chi connectivity index (χ2n) is 4.83. The maximum absolute atomic E-state index is 4.44. The first-order valence-corrected chi connectivity index (χ1v) is 6.46. The molecule has 1 aliphatic rings. The van der Waals surface area contributed by atoms with Crippen molar-refractivity contribution in [3.05, 3.63) is 42.1 Å². The first kappa shape index (κ1) is 10.7. The minimum Gasteiger partial charge on any atom is -0.310 e. The molecule has 17 heavy (non-hydrogen) atoms. The molecule has 88 valence electrons. The van der Waals surface area contributed by atoms with E-state index in [0.29, 0.717) is 6.04 Å². The third kappa shape index (κ3) is 2.18. The summed E-state index contributed by atoms with van der Waals surface area (Å²) in [7, 11) is 0. The molecule has 2 nitrogen and oxygen atoms in total. The summed E-state index contributed by atoms with van der Waals surface area (Å²) < 4.78 is 0. The van der Waals surface area contributed by atoms with Crippen molar-refractivity contribution in [2.45, 2.75) is 25.8 Å². The smallest absolute Gasteiger partial charge is 0.0705 e. The number of hydrogen-bond acceptors (Lipinski definition) is 2. The van der Waals surface area contributed by atoms with Gasteiger partial charge in [-0.3, -0.25) is 4.98 Å². The molecule has 1 fully saturated rings. The van der Waals surface area contributed by atoms with Crippen LogP contribution in [0.15, 0.2) is 36.5 Å². The van der Waals surface area contributed by atoms with Crippen LogP contribution in [0.3, 0.4) is 0 Å². The normalized spacial score (nSPS) is 17.2. The number of fused-ring (bicyclic) bond motifs is 1. The average Bonchev–Trinajstić information content (AvgIpc) is 3.20. The van der Waals surface area contributed by atoms with Crippen molar-refractivity contribution in [1.29, 1.82) is 0 Å². The number of pyridine rings is 1. The number of rotatable bonds is 4. The summed E-state index contributed by atoms with van der Waals surface area (Å²) in [5.41, 5.74) is 2.49. The molecule has 1 heterocycles. The van der Waals surface area contributed by atoms with E-state index in [1.807, 2.05) is 12.3 Å². The van der Waals surface area contributed by atoms with Crippen LogP contribution in [0.25, 0.3) is 10.9 Å². The van der Waals surface area contributed by atoms with E-state index < -0.39 is 0 Å². The predicted molar refractivity (Wildman–Crippen MR) is 70.9 cm³/mol. The summed E-state index contributed by atoms with van der Waals surface area (Å²) in [5, 5.41) is 4.82. The van der Waals surface area contributed by atoms with Crippen molar-refractivity contribution in [2.24, 2.45) is 5.92 Å². The number of benzene rings is 1. The summed E-state index contributed by atoms with van der Waals surface area (Å²) in [6.45, 7) is 3.20. The van der Waals surface area contributed by atoms with Crippen molar-refractivity contribution >= 4 is 10.9 Å². The van der Waals surface area contributed by atoms with Crippen LogP contribution in [0.4, 0.5) is 0 Å². The number of nitrogens with one attached hydrogen (secondary N) is 1. The molecule has 0 bridgehead atoms. The molecule has 1 aromatic heterocycles. The highest BCUT2D eigenvalue weighted by atomic mass is 14.9. The van der Waals surface area contributed by atoms with Crippen molar-refractivity contribution in [3.8, 4) is 0 Å². The van der Waals surface area contributed by atoms with Gasteiger partial charge >= 0.3 is 0 Å². The molecule has 1 saturated carbocycles. The lowest BCUT2D eigenvalue weighted by Crippen LogP contribution is -2.22. The molecule has 2 heteroatoms. The van der Waals surface area contributed by atoms with Gasteiger partial charge in [-0.15, -0.1) is 0 Å². The van der Waals surface area contributed by atoms with E-state index >= 15 is 0 Å². The Morgan fingerprint density at radius 3 is 3.00 bits per heavy atom. The molecule has 1 atom stereocenters. The maximum atomic E-state index is 4.44. The van der Waals surface area contributed by atoms with E-state index in [-0.39, 0.29) is 0 Å². The molecule has 1 N–H and O–H groups in total. The van der Waals surface area contributed by atoms with E-state index in [1.54, 1.807) is 0 Å². The molecule has 0 aliphatic heterocycles. The van der Waals surface area contributed by atoms with Crippen LogP contribution in [0.2, 0.25) is 0 Å². The topological polar surface area (TPSA) is 24.9 Å². The highest BCUT2D eigenvalue weighted by Gasteiger charge is 2.31. The van der Waals surface area contributed by atoms with E-state index in [4.69, 9.17) is 0 Å². The lowest BCUT2D eigenvalue weighted by atomic mass is 10.0. The van der Waals surface area contributed by atoms with Crippen LogP contribution in [0, 0.1) is 5.92 Å². The zero-order valence-corrected chi connectivity index (χ0v) is 10.2. The second-order valence-corrected chi connectivity index (χ2v) is 4.83. The molecule has 0 amide bonds. The van der Waals surface area contributed by atoms with Crippen molar-refractivity contribution in [3.63, 3.8) is 0 Å². The van der Waals surface area contributed by atoms with E-state index in [1.165, 1.54) is 23.8 Å². The van der Waals surface area contributed by atoms with Crippen LogP contribution in [0.1, 0.15) is 31.4 Å². The van der Waals surface area contributed by atoms with Gasteiger partial charge < -0.3 is 5.32 Å². The molecule has 1 aromatic carbocycles. The third-order valence-corrected chi connectivity index (χ3v) is 3.51. The van der Waals surface area contributed by atoms with Gasteiger partial charge in [-0.05, 0) is 43.0 Å². The number of hydrogen-bond donors (Lipinski definition) is 1. The van der Waals surface area contributed by atoms with Crippen LogP contribution in [0.5, 0.6) is 0 Å². The zero-order valence-electron chi connectivity index (χ0n) is 10.2. The first-order valence-electron chi connectivity index (χ1n) is 6.46. The predicted octanol–water partition coefficient (Wildman–Crippen LogP) is 3.30. The first-order chi connectivity index (χ1) is 8.38. The van der Waals surface area contributed by atoms with E-state index in [9.17, 15) is 0 Å². The Hall–Kier alpha value is -1.41. The fourth-order valence-electron chi connectivity index (χ4n) is 2.48. The third-order valence-electron chi connectivity index (χ3n) is 3.51. The Balaban J connectivity index is 1.97. The van der Waals surface area contributed by atoms with E-state index in [0.717, 1.165) is 18.0 Å². The second kappa shape index (κ2) is 4.46. The Labute approximate surface area is 102 Å². The van der Waals surface area contributed by atoms with Gasteiger partial charge in [0.2, 0.25) is 0 Å². The van der Waals surface area contributed by atoms with Gasteiger partial charge in [0, 0.05) is 17.6 Å². The summed E-state index contributed by atoms with van der Waals surface area (Å²) in [6.07, 6.45) is 4.58. The molecule has 0 radical (unpaired) electrons. The molecular weight excluding hydrogens is 208 g/mol. The maximum Gasteiger partial charge on any atom is 0.0705 e. The zero-order chi connectivity index (χ0) is 11.7. The molecular formula is C15H18N2. The number of nitrogens with zero attached hydrogens (tertiary/aromatic N) is 1. The molecule has 1 unspecified atom stereocenters. The fourth-order valence-corrected chi connectivity index (χ4v) is 2.48. The van der Waals surface area contributed by atoms with Crippen LogP contribution in [-0.2, 0) is 0 Å². The Bertz CT molecular complexity index is 517. The van der Waals surface area contributed by atoms with Gasteiger partial charge in [-0.25, -0.2) is 0 Å². The summed E-state index contributed by atoms with van der Waals surface area (Å²) in [5.74, 6) is 0.830. The molecule has 0 spiro atoms. The average molecular weight is 226 g/mol. The Kier molecular flexibility index (Phi) is 2.81.